The molecule has 0 saturated carbocycles. The molecule has 2 fully saturated rings. The van der Waals surface area contributed by atoms with Gasteiger partial charge >= 0.3 is 8.60 Å². The van der Waals surface area contributed by atoms with Crippen molar-refractivity contribution in [3.8, 4) is 0 Å². The van der Waals surface area contributed by atoms with Crippen molar-refractivity contribution in [2.75, 3.05) is 6.61 Å². The molecule has 13 heavy (non-hydrogen) atoms. The monoisotopic (exact) mass is 228 g/mol. The molecule has 0 radical (unpaired) electrons. The van der Waals surface area contributed by atoms with Gasteiger partial charge in [0.1, 0.15) is 20.1 Å². The SMILES string of the molecule is B[C@@H]1OC2COP(O)OC2[C@]1(F)Cl. The van der Waals surface area contributed by atoms with Crippen LogP contribution < -0.4 is 0 Å². The number of alkyl halides is 2. The largest absolute Gasteiger partial charge is 0.374 e. The summed E-state index contributed by atoms with van der Waals surface area (Å²) in [4.78, 5) is 9.01. The number of hydrogen-bond acceptors (Lipinski definition) is 4. The highest BCUT2D eigenvalue weighted by molar-refractivity contribution is 7.40. The van der Waals surface area contributed by atoms with Gasteiger partial charge in [0.25, 0.3) is 0 Å². The second kappa shape index (κ2) is 3.30. The van der Waals surface area contributed by atoms with Crippen LogP contribution in [0.3, 0.4) is 0 Å². The minimum atomic E-state index is -2.07. The molecule has 2 heterocycles. The van der Waals surface area contributed by atoms with Crippen molar-refractivity contribution >= 4 is 28.0 Å². The van der Waals surface area contributed by atoms with E-state index < -0.39 is 31.9 Å². The number of rotatable bonds is 0. The first-order chi connectivity index (χ1) is 6.01. The van der Waals surface area contributed by atoms with Gasteiger partial charge in [-0.05, 0) is 0 Å². The molecule has 2 aliphatic rings. The van der Waals surface area contributed by atoms with E-state index in [0.29, 0.717) is 0 Å². The molecule has 0 aromatic rings. The zero-order chi connectivity index (χ0) is 9.64. The number of fused-ring (bicyclic) bond motifs is 1. The molecule has 5 atom stereocenters. The highest BCUT2D eigenvalue weighted by Crippen LogP contribution is 2.50. The Labute approximate surface area is 81.7 Å². The highest BCUT2D eigenvalue weighted by atomic mass is 35.5. The lowest BCUT2D eigenvalue weighted by Crippen LogP contribution is -2.43. The van der Waals surface area contributed by atoms with Crippen LogP contribution in [0.1, 0.15) is 0 Å². The van der Waals surface area contributed by atoms with Gasteiger partial charge in [-0.2, -0.15) is 0 Å². The maximum absolute atomic E-state index is 13.7. The van der Waals surface area contributed by atoms with Crippen LogP contribution in [-0.4, -0.2) is 42.7 Å². The summed E-state index contributed by atoms with van der Waals surface area (Å²) in [6.07, 6.45) is -1.46. The van der Waals surface area contributed by atoms with E-state index in [0.717, 1.165) is 0 Å². The van der Waals surface area contributed by atoms with Gasteiger partial charge in [-0.15, -0.1) is 0 Å². The first-order valence-electron chi connectivity index (χ1n) is 3.84. The highest BCUT2D eigenvalue weighted by Gasteiger charge is 2.58. The van der Waals surface area contributed by atoms with Crippen LogP contribution in [0.2, 0.25) is 0 Å². The average Bonchev–Trinajstić information content (AvgIpc) is 2.27. The van der Waals surface area contributed by atoms with Crippen LogP contribution in [0.5, 0.6) is 0 Å². The molecule has 0 bridgehead atoms. The normalized spacial score (nSPS) is 56.2. The van der Waals surface area contributed by atoms with Crippen molar-refractivity contribution < 1.29 is 23.1 Å². The molecule has 0 amide bonds. The molecule has 2 aliphatic heterocycles. The Balaban J connectivity index is 2.16. The van der Waals surface area contributed by atoms with Gasteiger partial charge in [0.15, 0.2) is 0 Å². The molecule has 0 aromatic heterocycles. The standard InChI is InChI=1S/C5H8BClFO4P/c6-4-5(7,8)3-2(11-4)1-10-13(9)12-3/h2-4,9H,1,6H2/t2?,3?,4-,5-,13?/m1/s1. The van der Waals surface area contributed by atoms with Gasteiger partial charge in [0, 0.05) is 0 Å². The molecule has 3 unspecified atom stereocenters. The number of hydrogen-bond donors (Lipinski definition) is 1. The number of halogens is 2. The van der Waals surface area contributed by atoms with Gasteiger partial charge < -0.3 is 18.7 Å². The molecule has 1 N–H and O–H groups in total. The second-order valence-electron chi connectivity index (χ2n) is 3.05. The third kappa shape index (κ3) is 1.60. The second-order valence-corrected chi connectivity index (χ2v) is 4.57. The molecule has 0 aromatic carbocycles. The predicted octanol–water partition coefficient (Wildman–Crippen LogP) is -0.116. The van der Waals surface area contributed by atoms with E-state index in [4.69, 9.17) is 30.3 Å². The fourth-order valence-electron chi connectivity index (χ4n) is 1.43. The molecule has 2 rings (SSSR count). The summed E-state index contributed by atoms with van der Waals surface area (Å²) in [6, 6.07) is -0.755. The van der Waals surface area contributed by atoms with Gasteiger partial charge in [-0.25, -0.2) is 4.39 Å². The Morgan fingerprint density at radius 2 is 2.38 bits per heavy atom. The van der Waals surface area contributed by atoms with Crippen molar-refractivity contribution in [1.29, 1.82) is 0 Å². The van der Waals surface area contributed by atoms with Crippen LogP contribution in [0.4, 0.5) is 4.39 Å². The topological polar surface area (TPSA) is 47.9 Å². The van der Waals surface area contributed by atoms with Gasteiger partial charge in [-0.3, -0.25) is 0 Å². The minimum absolute atomic E-state index is 0.121. The van der Waals surface area contributed by atoms with Gasteiger partial charge in [0.05, 0.1) is 12.6 Å². The van der Waals surface area contributed by atoms with Crippen LogP contribution in [0.15, 0.2) is 0 Å². The van der Waals surface area contributed by atoms with E-state index in [9.17, 15) is 4.39 Å². The summed E-state index contributed by atoms with van der Waals surface area (Å²) < 4.78 is 28.5. The molecule has 74 valence electrons. The summed E-state index contributed by atoms with van der Waals surface area (Å²) in [5.74, 6) is 0. The fraction of sp³-hybridized carbons (Fsp3) is 1.00. The van der Waals surface area contributed by atoms with E-state index >= 15 is 0 Å². The Morgan fingerprint density at radius 1 is 1.69 bits per heavy atom. The Bertz CT molecular complexity index is 221. The van der Waals surface area contributed by atoms with E-state index in [2.05, 4.69) is 0 Å². The summed E-state index contributed by atoms with van der Waals surface area (Å²) >= 11 is 5.58. The van der Waals surface area contributed by atoms with Crippen molar-refractivity contribution in [1.82, 2.24) is 0 Å². The van der Waals surface area contributed by atoms with Crippen molar-refractivity contribution in [3.63, 3.8) is 0 Å². The minimum Gasteiger partial charge on any atom is -0.374 e. The number of ether oxygens (including phenoxy) is 1. The third-order valence-electron chi connectivity index (χ3n) is 2.19. The Kier molecular flexibility index (Phi) is 2.56. The lowest BCUT2D eigenvalue weighted by Gasteiger charge is -2.29. The predicted molar refractivity (Wildman–Crippen MR) is 46.9 cm³/mol. The fourth-order valence-corrected chi connectivity index (χ4v) is 2.55. The molecule has 0 aliphatic carbocycles. The molecule has 0 spiro atoms. The summed E-state index contributed by atoms with van der Waals surface area (Å²) in [7, 11) is -0.483. The first-order valence-corrected chi connectivity index (χ1v) is 5.34. The molecule has 2 saturated heterocycles. The maximum atomic E-state index is 13.7. The summed E-state index contributed by atoms with van der Waals surface area (Å²) in [5.41, 5.74) is 0. The van der Waals surface area contributed by atoms with Gasteiger partial charge in [-0.1, -0.05) is 11.6 Å². The van der Waals surface area contributed by atoms with Crippen molar-refractivity contribution in [2.45, 2.75) is 23.3 Å². The zero-order valence-electron chi connectivity index (χ0n) is 6.81. The maximum Gasteiger partial charge on any atom is 0.330 e. The lowest BCUT2D eigenvalue weighted by atomic mass is 9.93. The third-order valence-corrected chi connectivity index (χ3v) is 3.49. The quantitative estimate of drug-likeness (QED) is 0.357. The van der Waals surface area contributed by atoms with E-state index in [1.165, 1.54) is 7.85 Å². The smallest absolute Gasteiger partial charge is 0.330 e. The Hall–Kier alpha value is 0.555. The first kappa shape index (κ1) is 10.1. The summed E-state index contributed by atoms with van der Waals surface area (Å²) in [5, 5.41) is -2.07. The zero-order valence-corrected chi connectivity index (χ0v) is 8.46. The van der Waals surface area contributed by atoms with Crippen LogP contribution in [-0.2, 0) is 13.8 Å². The van der Waals surface area contributed by atoms with E-state index in [1.54, 1.807) is 0 Å². The lowest BCUT2D eigenvalue weighted by molar-refractivity contribution is -0.0317. The molecular weight excluding hydrogens is 220 g/mol. The van der Waals surface area contributed by atoms with Crippen molar-refractivity contribution in [3.05, 3.63) is 0 Å². The summed E-state index contributed by atoms with van der Waals surface area (Å²) in [6.45, 7) is 0.121. The molecular formula is C5H8BClFO4P. The Morgan fingerprint density at radius 3 is 3.08 bits per heavy atom. The van der Waals surface area contributed by atoms with E-state index in [1.807, 2.05) is 0 Å². The average molecular weight is 228 g/mol. The molecule has 4 nitrogen and oxygen atoms in total. The van der Waals surface area contributed by atoms with Crippen LogP contribution >= 0.6 is 20.2 Å². The van der Waals surface area contributed by atoms with E-state index in [-0.39, 0.29) is 6.61 Å². The van der Waals surface area contributed by atoms with Gasteiger partial charge in [0.2, 0.25) is 5.13 Å². The van der Waals surface area contributed by atoms with Crippen LogP contribution in [0.25, 0.3) is 0 Å². The van der Waals surface area contributed by atoms with Crippen LogP contribution in [0, 0.1) is 0 Å². The molecule has 8 heteroatoms. The van der Waals surface area contributed by atoms with Crippen molar-refractivity contribution in [2.24, 2.45) is 0 Å².